The SMILES string of the molecule is CC(C)=CCOP=O.[Y].[Y].[Y]. The Labute approximate surface area is 145 Å². The summed E-state index contributed by atoms with van der Waals surface area (Å²) in [5.74, 6) is 0. The van der Waals surface area contributed by atoms with Crippen LogP contribution in [0.1, 0.15) is 13.8 Å². The largest absolute Gasteiger partial charge is 0.327 e. The molecule has 0 aliphatic rings. The van der Waals surface area contributed by atoms with Crippen LogP contribution in [0.2, 0.25) is 0 Å². The average Bonchev–Trinajstić information content (AvgIpc) is 1.66. The van der Waals surface area contributed by atoms with Crippen LogP contribution in [0.4, 0.5) is 0 Å². The van der Waals surface area contributed by atoms with Crippen LogP contribution in [0, 0.1) is 0 Å². The maximum absolute atomic E-state index is 9.63. The van der Waals surface area contributed by atoms with Crippen LogP contribution >= 0.6 is 8.69 Å². The standard InChI is InChI=1S/C5H9O2P.3Y/c1-5(2)3-4-7-8-6;;;/h3H,4H2,1-2H3;;;. The fourth-order valence-corrected chi connectivity index (χ4v) is 0.370. The van der Waals surface area contributed by atoms with Crippen LogP contribution in [0.25, 0.3) is 0 Å². The van der Waals surface area contributed by atoms with Crippen LogP contribution in [0.15, 0.2) is 11.6 Å². The Morgan fingerprint density at radius 1 is 1.36 bits per heavy atom. The molecule has 0 rings (SSSR count). The van der Waals surface area contributed by atoms with E-state index in [-0.39, 0.29) is 107 Å². The third kappa shape index (κ3) is 24.6. The first kappa shape index (κ1) is 23.7. The van der Waals surface area contributed by atoms with Gasteiger partial charge in [0.1, 0.15) is 0 Å². The van der Waals surface area contributed by atoms with Crippen LogP contribution in [0.5, 0.6) is 0 Å². The fraction of sp³-hybridized carbons (Fsp3) is 0.600. The zero-order valence-electron chi connectivity index (χ0n) is 6.78. The Bertz CT molecular complexity index is 104. The molecule has 0 bridgehead atoms. The van der Waals surface area contributed by atoms with Gasteiger partial charge in [0.05, 0.1) is 6.61 Å². The first-order valence-corrected chi connectivity index (χ1v) is 3.08. The van der Waals surface area contributed by atoms with E-state index < -0.39 is 0 Å². The molecule has 3 radical (unpaired) electrons. The Morgan fingerprint density at radius 3 is 2.09 bits per heavy atom. The van der Waals surface area contributed by atoms with Crippen LogP contribution in [0.3, 0.4) is 0 Å². The van der Waals surface area contributed by atoms with E-state index in [0.29, 0.717) is 6.61 Å². The average molecular weight is 399 g/mol. The molecule has 0 aliphatic carbocycles. The van der Waals surface area contributed by atoms with E-state index in [4.69, 9.17) is 0 Å². The summed E-state index contributed by atoms with van der Waals surface area (Å²) >= 11 is 0. The predicted octanol–water partition coefficient (Wildman–Crippen LogP) is 2.17. The molecule has 0 spiro atoms. The summed E-state index contributed by atoms with van der Waals surface area (Å²) in [6.45, 7) is 4.36. The van der Waals surface area contributed by atoms with Crippen LogP contribution in [-0.2, 0) is 107 Å². The van der Waals surface area contributed by atoms with Crippen LogP contribution in [-0.4, -0.2) is 6.61 Å². The van der Waals surface area contributed by atoms with Gasteiger partial charge in [0, 0.05) is 98.1 Å². The third-order valence-corrected chi connectivity index (χ3v) is 0.873. The molecular formula is C5H9O2PY3. The summed E-state index contributed by atoms with van der Waals surface area (Å²) < 4.78 is 14.1. The van der Waals surface area contributed by atoms with Gasteiger partial charge < -0.3 is 0 Å². The number of allylic oxidation sites excluding steroid dienone is 1. The predicted molar refractivity (Wildman–Crippen MR) is 33.0 cm³/mol. The van der Waals surface area contributed by atoms with Crippen molar-refractivity contribution in [1.29, 1.82) is 0 Å². The second-order valence-electron chi connectivity index (χ2n) is 1.65. The fourth-order valence-electron chi connectivity index (χ4n) is 0.234. The van der Waals surface area contributed by atoms with Gasteiger partial charge in [-0.2, -0.15) is 0 Å². The normalized spacial score (nSPS) is 6.73. The van der Waals surface area contributed by atoms with E-state index in [1.54, 1.807) is 0 Å². The first-order chi connectivity index (χ1) is 3.77. The minimum atomic E-state index is -0.244. The summed E-state index contributed by atoms with van der Waals surface area (Å²) in [5, 5.41) is 0. The molecule has 0 atom stereocenters. The molecule has 0 aromatic rings. The third-order valence-electron chi connectivity index (χ3n) is 0.619. The van der Waals surface area contributed by atoms with Crippen molar-refractivity contribution in [2.75, 3.05) is 6.61 Å². The molecule has 0 amide bonds. The number of hydrogen-bond donors (Lipinski definition) is 0. The topological polar surface area (TPSA) is 26.3 Å². The van der Waals surface area contributed by atoms with Gasteiger partial charge in [-0.25, -0.2) is 4.57 Å². The maximum Gasteiger partial charge on any atom is 0.327 e. The summed E-state index contributed by atoms with van der Waals surface area (Å²) in [7, 11) is -0.244. The van der Waals surface area contributed by atoms with E-state index in [0.717, 1.165) is 0 Å². The van der Waals surface area contributed by atoms with Crippen molar-refractivity contribution in [3.8, 4) is 0 Å². The molecule has 2 nitrogen and oxygen atoms in total. The Morgan fingerprint density at radius 2 is 1.82 bits per heavy atom. The van der Waals surface area contributed by atoms with Crippen molar-refractivity contribution in [2.24, 2.45) is 0 Å². The van der Waals surface area contributed by atoms with Gasteiger partial charge in [0.15, 0.2) is 0 Å². The maximum atomic E-state index is 9.63. The zero-order chi connectivity index (χ0) is 6.41. The zero-order valence-corrected chi connectivity index (χ0v) is 16.2. The van der Waals surface area contributed by atoms with Gasteiger partial charge in [-0.3, -0.25) is 4.52 Å². The molecule has 0 aromatic heterocycles. The molecule has 0 saturated heterocycles. The summed E-state index contributed by atoms with van der Waals surface area (Å²) in [4.78, 5) is 0. The van der Waals surface area contributed by atoms with Crippen molar-refractivity contribution in [2.45, 2.75) is 13.8 Å². The molecular weight excluding hydrogens is 390 g/mol. The molecule has 0 fully saturated rings. The molecule has 11 heavy (non-hydrogen) atoms. The number of rotatable bonds is 3. The minimum Gasteiger partial charge on any atom is -0.290 e. The molecule has 0 saturated carbocycles. The van der Waals surface area contributed by atoms with E-state index in [9.17, 15) is 4.57 Å². The monoisotopic (exact) mass is 399 g/mol. The number of hydrogen-bond acceptors (Lipinski definition) is 2. The van der Waals surface area contributed by atoms with Crippen molar-refractivity contribution in [3.05, 3.63) is 11.6 Å². The van der Waals surface area contributed by atoms with Gasteiger partial charge in [-0.1, -0.05) is 11.6 Å². The van der Waals surface area contributed by atoms with Crippen molar-refractivity contribution in [1.82, 2.24) is 0 Å². The van der Waals surface area contributed by atoms with E-state index in [1.165, 1.54) is 5.57 Å². The van der Waals surface area contributed by atoms with E-state index >= 15 is 0 Å². The molecule has 6 heteroatoms. The van der Waals surface area contributed by atoms with E-state index in [1.807, 2.05) is 19.9 Å². The molecule has 0 aromatic carbocycles. The molecule has 0 N–H and O–H groups in total. The van der Waals surface area contributed by atoms with Gasteiger partial charge in [-0.05, 0) is 13.8 Å². The molecule has 0 heterocycles. The smallest absolute Gasteiger partial charge is 0.290 e. The van der Waals surface area contributed by atoms with Crippen molar-refractivity contribution in [3.63, 3.8) is 0 Å². The van der Waals surface area contributed by atoms with Gasteiger partial charge in [0.2, 0.25) is 0 Å². The van der Waals surface area contributed by atoms with E-state index in [2.05, 4.69) is 4.52 Å². The van der Waals surface area contributed by atoms with Gasteiger partial charge in [-0.15, -0.1) is 0 Å². The first-order valence-electron chi connectivity index (χ1n) is 2.35. The molecule has 0 aliphatic heterocycles. The minimum absolute atomic E-state index is 0. The van der Waals surface area contributed by atoms with Crippen molar-refractivity contribution < 1.29 is 107 Å². The second kappa shape index (κ2) is 18.8. The molecule has 0 unspecified atom stereocenters. The van der Waals surface area contributed by atoms with Gasteiger partial charge in [0.25, 0.3) is 0 Å². The summed E-state index contributed by atoms with van der Waals surface area (Å²) in [5.41, 5.74) is 1.17. The Hall–Kier alpha value is 3.11. The summed E-state index contributed by atoms with van der Waals surface area (Å²) in [6, 6.07) is 0. The Balaban J connectivity index is -0.0000000817. The summed E-state index contributed by atoms with van der Waals surface area (Å²) in [6.07, 6.45) is 1.87. The molecule has 55 valence electrons. The second-order valence-corrected chi connectivity index (χ2v) is 2.06. The van der Waals surface area contributed by atoms with Crippen LogP contribution < -0.4 is 0 Å². The van der Waals surface area contributed by atoms with Gasteiger partial charge >= 0.3 is 8.69 Å². The quantitative estimate of drug-likeness (QED) is 0.414. The van der Waals surface area contributed by atoms with Crippen molar-refractivity contribution >= 4 is 8.69 Å². The Kier molecular flexibility index (Phi) is 40.6.